The lowest BCUT2D eigenvalue weighted by molar-refractivity contribution is 0.144. The first-order valence-electron chi connectivity index (χ1n) is 6.37. The normalized spacial score (nSPS) is 19.0. The minimum atomic E-state index is -0.184. The van der Waals surface area contributed by atoms with Crippen molar-refractivity contribution < 1.29 is 5.11 Å². The van der Waals surface area contributed by atoms with Crippen molar-refractivity contribution in [3.05, 3.63) is 34.9 Å². The van der Waals surface area contributed by atoms with E-state index in [1.807, 2.05) is 24.3 Å². The van der Waals surface area contributed by atoms with Crippen molar-refractivity contribution in [1.29, 1.82) is 0 Å². The van der Waals surface area contributed by atoms with Crippen LogP contribution < -0.4 is 5.32 Å². The van der Waals surface area contributed by atoms with Gasteiger partial charge in [-0.3, -0.25) is 0 Å². The maximum Gasteiger partial charge on any atom is 0.0692 e. The maximum atomic E-state index is 9.84. The Morgan fingerprint density at radius 3 is 2.53 bits per heavy atom. The van der Waals surface area contributed by atoms with Crippen molar-refractivity contribution in [3.8, 4) is 0 Å². The van der Waals surface area contributed by atoms with Gasteiger partial charge in [0.25, 0.3) is 0 Å². The van der Waals surface area contributed by atoms with Crippen LogP contribution >= 0.6 is 11.6 Å². The van der Waals surface area contributed by atoms with Crippen LogP contribution in [0.4, 0.5) is 0 Å². The predicted octanol–water partition coefficient (Wildman–Crippen LogP) is 3.15. The van der Waals surface area contributed by atoms with Gasteiger partial charge in [-0.2, -0.15) is 0 Å². The van der Waals surface area contributed by atoms with E-state index in [0.717, 1.165) is 11.4 Å². The summed E-state index contributed by atoms with van der Waals surface area (Å²) in [4.78, 5) is 0. The van der Waals surface area contributed by atoms with Gasteiger partial charge in [-0.1, -0.05) is 30.7 Å². The number of hydrogen-bond acceptors (Lipinski definition) is 2. The molecule has 3 heteroatoms. The average molecular weight is 254 g/mol. The van der Waals surface area contributed by atoms with Crippen molar-refractivity contribution in [3.63, 3.8) is 0 Å². The van der Waals surface area contributed by atoms with Crippen LogP contribution in [-0.2, 0) is 0 Å². The molecule has 0 aromatic heterocycles. The van der Waals surface area contributed by atoms with Gasteiger partial charge in [0, 0.05) is 17.6 Å². The van der Waals surface area contributed by atoms with Gasteiger partial charge in [-0.15, -0.1) is 0 Å². The zero-order chi connectivity index (χ0) is 12.3. The maximum absolute atomic E-state index is 9.84. The summed E-state index contributed by atoms with van der Waals surface area (Å²) in [5.74, 6) is 0.533. The molecule has 94 valence electrons. The van der Waals surface area contributed by atoms with Crippen molar-refractivity contribution >= 4 is 11.6 Å². The zero-order valence-electron chi connectivity index (χ0n) is 10.2. The Morgan fingerprint density at radius 2 is 2.00 bits per heavy atom. The smallest absolute Gasteiger partial charge is 0.0692 e. The van der Waals surface area contributed by atoms with E-state index in [9.17, 15) is 5.11 Å². The van der Waals surface area contributed by atoms with E-state index in [2.05, 4.69) is 12.2 Å². The molecule has 1 fully saturated rings. The minimum Gasteiger partial charge on any atom is -0.392 e. The fourth-order valence-corrected chi connectivity index (χ4v) is 2.23. The number of halogens is 1. The molecule has 0 saturated heterocycles. The van der Waals surface area contributed by atoms with Crippen LogP contribution in [0.3, 0.4) is 0 Å². The van der Waals surface area contributed by atoms with Crippen LogP contribution in [0, 0.1) is 5.92 Å². The molecule has 2 nitrogen and oxygen atoms in total. The Morgan fingerprint density at radius 1 is 1.35 bits per heavy atom. The highest BCUT2D eigenvalue weighted by molar-refractivity contribution is 6.30. The van der Waals surface area contributed by atoms with Gasteiger partial charge in [0.2, 0.25) is 0 Å². The third-order valence-electron chi connectivity index (χ3n) is 3.42. The summed E-state index contributed by atoms with van der Waals surface area (Å²) in [5, 5.41) is 14.0. The molecule has 2 rings (SSSR count). The quantitative estimate of drug-likeness (QED) is 0.816. The Bertz CT molecular complexity index is 348. The fraction of sp³-hybridized carbons (Fsp3) is 0.571. The second kappa shape index (κ2) is 5.85. The van der Waals surface area contributed by atoms with Crippen molar-refractivity contribution in [2.45, 2.75) is 38.3 Å². The molecule has 1 aliphatic carbocycles. The van der Waals surface area contributed by atoms with E-state index in [4.69, 9.17) is 11.6 Å². The van der Waals surface area contributed by atoms with E-state index in [1.54, 1.807) is 0 Å². The first-order valence-corrected chi connectivity index (χ1v) is 6.75. The number of aliphatic hydroxyl groups is 1. The molecule has 2 atom stereocenters. The summed E-state index contributed by atoms with van der Waals surface area (Å²) in [6.45, 7) is 2.83. The van der Waals surface area contributed by atoms with E-state index in [0.29, 0.717) is 18.5 Å². The fourth-order valence-electron chi connectivity index (χ4n) is 2.10. The lowest BCUT2D eigenvalue weighted by atomic mass is 10.0. The van der Waals surface area contributed by atoms with Gasteiger partial charge in [0.15, 0.2) is 0 Å². The number of nitrogens with one attached hydrogen (secondary N) is 1. The molecule has 0 heterocycles. The van der Waals surface area contributed by atoms with Crippen LogP contribution in [0.1, 0.15) is 37.8 Å². The van der Waals surface area contributed by atoms with Crippen LogP contribution in [0.2, 0.25) is 5.02 Å². The zero-order valence-corrected chi connectivity index (χ0v) is 11.0. The molecule has 2 unspecified atom stereocenters. The minimum absolute atomic E-state index is 0.184. The SMILES string of the molecule is CCC(NCC(O)C1CC1)c1ccc(Cl)cc1. The standard InChI is InChI=1S/C14H20ClNO/c1-2-13(10-5-7-12(15)8-6-10)16-9-14(17)11-3-4-11/h5-8,11,13-14,16-17H,2-4,9H2,1H3. The Labute approximate surface area is 108 Å². The van der Waals surface area contributed by atoms with Gasteiger partial charge in [-0.05, 0) is 42.9 Å². The first-order chi connectivity index (χ1) is 8.20. The average Bonchev–Trinajstić information content (AvgIpc) is 3.16. The lowest BCUT2D eigenvalue weighted by Crippen LogP contribution is -2.31. The van der Waals surface area contributed by atoms with Crippen molar-refractivity contribution in [2.24, 2.45) is 5.92 Å². The molecule has 0 aliphatic heterocycles. The van der Waals surface area contributed by atoms with E-state index in [-0.39, 0.29) is 6.10 Å². The summed E-state index contributed by atoms with van der Waals surface area (Å²) in [6, 6.07) is 8.23. The lowest BCUT2D eigenvalue weighted by Gasteiger charge is -2.20. The Balaban J connectivity index is 1.88. The highest BCUT2D eigenvalue weighted by Gasteiger charge is 2.29. The van der Waals surface area contributed by atoms with Crippen molar-refractivity contribution in [1.82, 2.24) is 5.32 Å². The topological polar surface area (TPSA) is 32.3 Å². The molecule has 0 bridgehead atoms. The third-order valence-corrected chi connectivity index (χ3v) is 3.67. The number of hydrogen-bond donors (Lipinski definition) is 2. The Hall–Kier alpha value is -0.570. The third kappa shape index (κ3) is 3.70. The molecule has 1 aliphatic rings. The highest BCUT2D eigenvalue weighted by Crippen LogP contribution is 2.32. The summed E-state index contributed by atoms with van der Waals surface area (Å²) in [6.07, 6.45) is 3.19. The van der Waals surface area contributed by atoms with Gasteiger partial charge < -0.3 is 10.4 Å². The van der Waals surface area contributed by atoms with E-state index < -0.39 is 0 Å². The molecule has 0 amide bonds. The molecular weight excluding hydrogens is 234 g/mol. The van der Waals surface area contributed by atoms with Crippen LogP contribution in [0.25, 0.3) is 0 Å². The highest BCUT2D eigenvalue weighted by atomic mass is 35.5. The number of benzene rings is 1. The molecule has 1 saturated carbocycles. The molecule has 1 aromatic rings. The summed E-state index contributed by atoms with van der Waals surface area (Å²) < 4.78 is 0. The molecule has 2 N–H and O–H groups in total. The van der Waals surface area contributed by atoms with Crippen LogP contribution in [0.15, 0.2) is 24.3 Å². The summed E-state index contributed by atoms with van der Waals surface area (Å²) >= 11 is 5.88. The van der Waals surface area contributed by atoms with Gasteiger partial charge >= 0.3 is 0 Å². The second-order valence-electron chi connectivity index (χ2n) is 4.83. The first kappa shape index (κ1) is 12.9. The number of aliphatic hydroxyl groups excluding tert-OH is 1. The molecular formula is C14H20ClNO. The van der Waals surface area contributed by atoms with Gasteiger partial charge in [0.1, 0.15) is 0 Å². The Kier molecular flexibility index (Phi) is 4.43. The van der Waals surface area contributed by atoms with E-state index in [1.165, 1.54) is 18.4 Å². The van der Waals surface area contributed by atoms with Crippen LogP contribution in [-0.4, -0.2) is 17.8 Å². The molecule has 17 heavy (non-hydrogen) atoms. The molecule has 1 aromatic carbocycles. The van der Waals surface area contributed by atoms with Gasteiger partial charge in [-0.25, -0.2) is 0 Å². The van der Waals surface area contributed by atoms with Crippen molar-refractivity contribution in [2.75, 3.05) is 6.54 Å². The second-order valence-corrected chi connectivity index (χ2v) is 5.26. The molecule has 0 radical (unpaired) electrons. The van der Waals surface area contributed by atoms with E-state index >= 15 is 0 Å². The van der Waals surface area contributed by atoms with Crippen LogP contribution in [0.5, 0.6) is 0 Å². The summed E-state index contributed by atoms with van der Waals surface area (Å²) in [7, 11) is 0. The largest absolute Gasteiger partial charge is 0.392 e. The molecule has 0 spiro atoms. The summed E-state index contributed by atoms with van der Waals surface area (Å²) in [5.41, 5.74) is 1.24. The predicted molar refractivity (Wildman–Crippen MR) is 71.2 cm³/mol. The number of rotatable bonds is 6. The van der Waals surface area contributed by atoms with Gasteiger partial charge in [0.05, 0.1) is 6.10 Å². The monoisotopic (exact) mass is 253 g/mol.